The van der Waals surface area contributed by atoms with E-state index in [4.69, 9.17) is 16.2 Å². The summed E-state index contributed by atoms with van der Waals surface area (Å²) in [7, 11) is 0. The highest BCUT2D eigenvalue weighted by atomic mass is 16.6. The number of likely N-dealkylation sites (tertiary alicyclic amines) is 1. The zero-order valence-corrected chi connectivity index (χ0v) is 20.5. The largest absolute Gasteiger partial charge is 0.480 e. The lowest BCUT2D eigenvalue weighted by Gasteiger charge is -2.25. The molecule has 7 N–H and O–H groups in total. The van der Waals surface area contributed by atoms with Gasteiger partial charge in [0.1, 0.15) is 12.1 Å². The molecule has 0 bridgehead atoms. The summed E-state index contributed by atoms with van der Waals surface area (Å²) < 4.78 is 7.16. The van der Waals surface area contributed by atoms with Gasteiger partial charge in [0, 0.05) is 19.6 Å². The van der Waals surface area contributed by atoms with Gasteiger partial charge in [0.05, 0.1) is 19.3 Å². The first-order chi connectivity index (χ1) is 17.8. The molecule has 2 atom stereocenters. The van der Waals surface area contributed by atoms with Crippen molar-refractivity contribution in [3.63, 3.8) is 0 Å². The van der Waals surface area contributed by atoms with E-state index in [0.717, 1.165) is 12.8 Å². The summed E-state index contributed by atoms with van der Waals surface area (Å²) in [5.41, 5.74) is 11.0. The van der Waals surface area contributed by atoms with Crippen LogP contribution in [0.25, 0.3) is 11.2 Å². The molecule has 1 aliphatic rings. The van der Waals surface area contributed by atoms with E-state index in [1.165, 1.54) is 11.2 Å². The highest BCUT2D eigenvalue weighted by Gasteiger charge is 2.36. The van der Waals surface area contributed by atoms with Gasteiger partial charge < -0.3 is 36.2 Å². The molecule has 1 fully saturated rings. The van der Waals surface area contributed by atoms with E-state index in [9.17, 15) is 24.3 Å². The Morgan fingerprint density at radius 2 is 2.05 bits per heavy atom. The van der Waals surface area contributed by atoms with E-state index in [1.807, 2.05) is 0 Å². The first-order valence-electron chi connectivity index (χ1n) is 12.2. The van der Waals surface area contributed by atoms with E-state index in [-0.39, 0.29) is 31.1 Å². The number of rotatable bonds is 13. The van der Waals surface area contributed by atoms with Crippen LogP contribution in [0.15, 0.2) is 22.4 Å². The Labute approximate surface area is 212 Å². The van der Waals surface area contributed by atoms with Crippen molar-refractivity contribution in [3.05, 3.63) is 23.0 Å². The quantitative estimate of drug-likeness (QED) is 0.130. The van der Waals surface area contributed by atoms with E-state index < -0.39 is 30.1 Å². The van der Waals surface area contributed by atoms with Gasteiger partial charge in [0.25, 0.3) is 5.56 Å². The van der Waals surface area contributed by atoms with Gasteiger partial charge in [-0.15, -0.1) is 0 Å². The fourth-order valence-electron chi connectivity index (χ4n) is 4.15. The van der Waals surface area contributed by atoms with Gasteiger partial charge in [0.15, 0.2) is 17.1 Å². The maximum Gasteiger partial charge on any atom is 0.410 e. The number of unbranched alkanes of at least 4 members (excludes halogenated alkanes) is 2. The van der Waals surface area contributed by atoms with Gasteiger partial charge in [-0.25, -0.2) is 19.6 Å². The average molecular weight is 520 g/mol. The Hall–Kier alpha value is -4.17. The fourth-order valence-corrected chi connectivity index (χ4v) is 4.15. The number of hydrogen-bond donors (Lipinski definition) is 5. The first kappa shape index (κ1) is 27.4. The third kappa shape index (κ3) is 7.65. The second-order valence-corrected chi connectivity index (χ2v) is 8.72. The standard InChI is InChI=1S/C22H33N9O6/c23-21(24)25-8-4-6-14(20(34)35)29-18(32)15-7-5-10-31(15)22(36)37-11-3-1-2-9-30-13-28-16-17(30)26-12-27-19(16)33/h12-15H,1-11H2,(H,29,32)(H,34,35)(H4,23,24,25)(H,26,27,33)/t14-,15-/m0/s1. The van der Waals surface area contributed by atoms with Crippen molar-refractivity contribution in [1.29, 1.82) is 0 Å². The zero-order valence-electron chi connectivity index (χ0n) is 20.5. The van der Waals surface area contributed by atoms with Crippen molar-refractivity contribution in [2.24, 2.45) is 16.5 Å². The molecule has 0 saturated carbocycles. The minimum absolute atomic E-state index is 0.0852. The Balaban J connectivity index is 1.39. The topological polar surface area (TPSA) is 224 Å². The maximum absolute atomic E-state index is 12.7. The minimum Gasteiger partial charge on any atom is -0.480 e. The molecule has 15 nitrogen and oxygen atoms in total. The second-order valence-electron chi connectivity index (χ2n) is 8.72. The summed E-state index contributed by atoms with van der Waals surface area (Å²) >= 11 is 0. The van der Waals surface area contributed by atoms with Crippen molar-refractivity contribution in [2.75, 3.05) is 19.7 Å². The van der Waals surface area contributed by atoms with Gasteiger partial charge in [-0.3, -0.25) is 19.5 Å². The van der Waals surface area contributed by atoms with Crippen molar-refractivity contribution >= 4 is 35.1 Å². The summed E-state index contributed by atoms with van der Waals surface area (Å²) in [5, 5.41) is 11.9. The number of aromatic nitrogens is 4. The van der Waals surface area contributed by atoms with Crippen LogP contribution in [-0.2, 0) is 20.9 Å². The van der Waals surface area contributed by atoms with Crippen molar-refractivity contribution in [3.8, 4) is 0 Å². The number of aliphatic imine (C=N–C) groups is 1. The molecule has 1 aliphatic heterocycles. The number of amides is 2. The Morgan fingerprint density at radius 1 is 1.24 bits per heavy atom. The predicted molar refractivity (Wildman–Crippen MR) is 133 cm³/mol. The molecule has 0 spiro atoms. The molecular weight excluding hydrogens is 486 g/mol. The van der Waals surface area contributed by atoms with E-state index >= 15 is 0 Å². The van der Waals surface area contributed by atoms with Crippen molar-refractivity contribution in [2.45, 2.75) is 63.6 Å². The summed E-state index contributed by atoms with van der Waals surface area (Å²) in [4.78, 5) is 64.4. The van der Waals surface area contributed by atoms with Crippen LogP contribution in [0.1, 0.15) is 44.9 Å². The van der Waals surface area contributed by atoms with Crippen molar-refractivity contribution in [1.82, 2.24) is 29.7 Å². The zero-order chi connectivity index (χ0) is 26.8. The first-order valence-corrected chi connectivity index (χ1v) is 12.2. The fraction of sp³-hybridized carbons (Fsp3) is 0.591. The van der Waals surface area contributed by atoms with E-state index in [1.54, 1.807) is 10.9 Å². The molecule has 3 rings (SSSR count). The number of guanidine groups is 1. The lowest BCUT2D eigenvalue weighted by molar-refractivity contribution is -0.142. The second kappa shape index (κ2) is 13.2. The normalized spacial score (nSPS) is 15.9. The number of hydrogen-bond acceptors (Lipinski definition) is 8. The van der Waals surface area contributed by atoms with Crippen LogP contribution in [0.3, 0.4) is 0 Å². The predicted octanol–water partition coefficient (Wildman–Crippen LogP) is -0.486. The highest BCUT2D eigenvalue weighted by Crippen LogP contribution is 2.19. The number of H-pyrrole nitrogens is 1. The number of aliphatic carboxylic acids is 1. The number of nitrogens with one attached hydrogen (secondary N) is 2. The lowest BCUT2D eigenvalue weighted by Crippen LogP contribution is -2.51. The van der Waals surface area contributed by atoms with Crippen LogP contribution in [0, 0.1) is 0 Å². The van der Waals surface area contributed by atoms with Crippen LogP contribution in [0.2, 0.25) is 0 Å². The number of carbonyl (C=O) groups excluding carboxylic acids is 2. The molecule has 3 heterocycles. The molecule has 0 radical (unpaired) electrons. The minimum atomic E-state index is -1.17. The summed E-state index contributed by atoms with van der Waals surface area (Å²) in [6.45, 7) is 1.42. The third-order valence-electron chi connectivity index (χ3n) is 6.03. The number of fused-ring (bicyclic) bond motifs is 1. The molecule has 0 unspecified atom stereocenters. The molecule has 37 heavy (non-hydrogen) atoms. The Morgan fingerprint density at radius 3 is 2.81 bits per heavy atom. The molecule has 2 aromatic rings. The average Bonchev–Trinajstić information content (AvgIpc) is 3.51. The number of carboxylic acids is 1. The molecule has 0 aromatic carbocycles. The van der Waals surface area contributed by atoms with Crippen LogP contribution in [0.4, 0.5) is 4.79 Å². The number of carbonyl (C=O) groups is 3. The SMILES string of the molecule is NC(N)=NCCC[C@H](NC(=O)[C@@H]1CCCN1C(=O)OCCCCCn1cnc2c(=O)[nH]cnc21)C(=O)O. The number of nitrogens with two attached hydrogens (primary N) is 2. The van der Waals surface area contributed by atoms with Gasteiger partial charge in [-0.1, -0.05) is 0 Å². The number of carboxylic acid groups (broad SMARTS) is 1. The third-order valence-corrected chi connectivity index (χ3v) is 6.03. The molecule has 2 amide bonds. The molecule has 202 valence electrons. The van der Waals surface area contributed by atoms with Gasteiger partial charge in [0.2, 0.25) is 5.91 Å². The number of aryl methyl sites for hydroxylation is 1. The molecule has 0 aliphatic carbocycles. The molecule has 1 saturated heterocycles. The Bertz CT molecular complexity index is 1170. The molecular formula is C22H33N9O6. The summed E-state index contributed by atoms with van der Waals surface area (Å²) in [6, 6.07) is -1.89. The van der Waals surface area contributed by atoms with Crippen LogP contribution >= 0.6 is 0 Å². The number of imidazole rings is 1. The maximum atomic E-state index is 12.7. The molecule has 15 heteroatoms. The number of aromatic amines is 1. The Kier molecular flexibility index (Phi) is 9.80. The van der Waals surface area contributed by atoms with Crippen molar-refractivity contribution < 1.29 is 24.2 Å². The summed E-state index contributed by atoms with van der Waals surface area (Å²) in [6.07, 6.45) is 6.03. The number of ether oxygens (including phenoxy) is 1. The molecule has 2 aromatic heterocycles. The van der Waals surface area contributed by atoms with Crippen LogP contribution < -0.4 is 22.3 Å². The smallest absolute Gasteiger partial charge is 0.410 e. The number of nitrogens with zero attached hydrogens (tertiary/aromatic N) is 5. The van der Waals surface area contributed by atoms with E-state index in [2.05, 4.69) is 25.3 Å². The summed E-state index contributed by atoms with van der Waals surface area (Å²) in [5.74, 6) is -1.78. The lowest BCUT2D eigenvalue weighted by atomic mass is 10.1. The van der Waals surface area contributed by atoms with E-state index in [0.29, 0.717) is 49.9 Å². The van der Waals surface area contributed by atoms with Gasteiger partial charge in [-0.2, -0.15) is 0 Å². The monoisotopic (exact) mass is 519 g/mol. The van der Waals surface area contributed by atoms with Crippen LogP contribution in [0.5, 0.6) is 0 Å². The van der Waals surface area contributed by atoms with Gasteiger partial charge in [-0.05, 0) is 44.9 Å². The highest BCUT2D eigenvalue weighted by molar-refractivity contribution is 5.89. The van der Waals surface area contributed by atoms with Gasteiger partial charge >= 0.3 is 12.1 Å². The van der Waals surface area contributed by atoms with Crippen LogP contribution in [-0.4, -0.2) is 85.2 Å².